The molecule has 1 heterocycles. The third-order valence-electron chi connectivity index (χ3n) is 3.35. The lowest BCUT2D eigenvalue weighted by Gasteiger charge is -2.27. The fourth-order valence-corrected chi connectivity index (χ4v) is 2.46. The van der Waals surface area contributed by atoms with Crippen molar-refractivity contribution in [1.29, 1.82) is 0 Å². The molecule has 22 heavy (non-hydrogen) atoms. The van der Waals surface area contributed by atoms with Gasteiger partial charge in [0.1, 0.15) is 5.52 Å². The van der Waals surface area contributed by atoms with E-state index in [9.17, 15) is 5.11 Å². The van der Waals surface area contributed by atoms with E-state index in [-0.39, 0.29) is 0 Å². The van der Waals surface area contributed by atoms with E-state index < -0.39 is 5.60 Å². The molecule has 0 amide bonds. The van der Waals surface area contributed by atoms with Crippen molar-refractivity contribution < 1.29 is 9.52 Å². The number of fused-ring (bicyclic) bond motifs is 1. The van der Waals surface area contributed by atoms with Gasteiger partial charge in [-0.05, 0) is 31.5 Å². The SMILES string of the molecule is CC(C)(O)CN(Cc1ccccc1)c1nc2ccccc2o1. The fraction of sp³-hybridized carbons (Fsp3) is 0.278. The first kappa shape index (κ1) is 14.6. The van der Waals surface area contributed by atoms with Gasteiger partial charge in [0.15, 0.2) is 5.58 Å². The van der Waals surface area contributed by atoms with Crippen molar-refractivity contribution in [2.75, 3.05) is 11.4 Å². The van der Waals surface area contributed by atoms with E-state index >= 15 is 0 Å². The molecule has 0 spiro atoms. The first-order chi connectivity index (χ1) is 10.5. The largest absolute Gasteiger partial charge is 0.423 e. The standard InChI is InChI=1S/C18H20N2O2/c1-18(2,21)13-20(12-14-8-4-3-5-9-14)17-19-15-10-6-7-11-16(15)22-17/h3-11,21H,12-13H2,1-2H3. The predicted octanol–water partition coefficient (Wildman–Crippen LogP) is 3.61. The third kappa shape index (κ3) is 3.46. The highest BCUT2D eigenvalue weighted by atomic mass is 16.4. The number of hydrogen-bond acceptors (Lipinski definition) is 4. The number of oxazole rings is 1. The van der Waals surface area contributed by atoms with Crippen LogP contribution in [0.2, 0.25) is 0 Å². The summed E-state index contributed by atoms with van der Waals surface area (Å²) in [7, 11) is 0. The monoisotopic (exact) mass is 296 g/mol. The van der Waals surface area contributed by atoms with Gasteiger partial charge in [-0.15, -0.1) is 0 Å². The molecule has 2 aromatic carbocycles. The Labute approximate surface area is 130 Å². The quantitative estimate of drug-likeness (QED) is 0.781. The molecule has 0 aliphatic heterocycles. The molecule has 1 aromatic heterocycles. The van der Waals surface area contributed by atoms with E-state index in [0.717, 1.165) is 16.7 Å². The lowest BCUT2D eigenvalue weighted by molar-refractivity contribution is 0.0858. The summed E-state index contributed by atoms with van der Waals surface area (Å²) >= 11 is 0. The fourth-order valence-electron chi connectivity index (χ4n) is 2.46. The topological polar surface area (TPSA) is 49.5 Å². The molecule has 0 atom stereocenters. The van der Waals surface area contributed by atoms with E-state index in [1.54, 1.807) is 13.8 Å². The van der Waals surface area contributed by atoms with Gasteiger partial charge in [0.2, 0.25) is 0 Å². The van der Waals surface area contributed by atoms with Crippen LogP contribution in [0.1, 0.15) is 19.4 Å². The number of aliphatic hydroxyl groups is 1. The molecule has 3 aromatic rings. The Kier molecular flexibility index (Phi) is 3.86. The Hall–Kier alpha value is -2.33. The normalized spacial score (nSPS) is 11.8. The Balaban J connectivity index is 1.93. The number of rotatable bonds is 5. The number of nitrogens with zero attached hydrogens (tertiary/aromatic N) is 2. The lowest BCUT2D eigenvalue weighted by Crippen LogP contribution is -2.38. The highest BCUT2D eigenvalue weighted by Crippen LogP contribution is 2.24. The van der Waals surface area contributed by atoms with Gasteiger partial charge in [-0.1, -0.05) is 42.5 Å². The molecule has 3 rings (SSSR count). The summed E-state index contributed by atoms with van der Waals surface area (Å²) in [5, 5.41) is 10.2. The average molecular weight is 296 g/mol. The van der Waals surface area contributed by atoms with Crippen LogP contribution in [0.5, 0.6) is 0 Å². The minimum Gasteiger partial charge on any atom is -0.423 e. The zero-order chi connectivity index (χ0) is 15.6. The van der Waals surface area contributed by atoms with Crippen LogP contribution in [0.15, 0.2) is 59.0 Å². The number of aromatic nitrogens is 1. The molecular formula is C18H20N2O2. The van der Waals surface area contributed by atoms with Crippen LogP contribution < -0.4 is 4.90 Å². The second kappa shape index (κ2) is 5.81. The first-order valence-corrected chi connectivity index (χ1v) is 7.38. The van der Waals surface area contributed by atoms with Gasteiger partial charge in [0, 0.05) is 6.54 Å². The van der Waals surface area contributed by atoms with Crippen molar-refractivity contribution in [3.8, 4) is 0 Å². The zero-order valence-electron chi connectivity index (χ0n) is 12.9. The van der Waals surface area contributed by atoms with Crippen LogP contribution in [-0.4, -0.2) is 22.2 Å². The van der Waals surface area contributed by atoms with Gasteiger partial charge >= 0.3 is 0 Å². The highest BCUT2D eigenvalue weighted by molar-refractivity contribution is 5.74. The van der Waals surface area contributed by atoms with Crippen LogP contribution >= 0.6 is 0 Å². The summed E-state index contributed by atoms with van der Waals surface area (Å²) in [4.78, 5) is 6.51. The highest BCUT2D eigenvalue weighted by Gasteiger charge is 2.22. The van der Waals surface area contributed by atoms with Crippen LogP contribution in [0, 0.1) is 0 Å². The van der Waals surface area contributed by atoms with Crippen LogP contribution in [0.3, 0.4) is 0 Å². The van der Waals surface area contributed by atoms with Gasteiger partial charge in [-0.25, -0.2) is 0 Å². The Morgan fingerprint density at radius 2 is 1.73 bits per heavy atom. The number of benzene rings is 2. The molecular weight excluding hydrogens is 276 g/mol. The summed E-state index contributed by atoms with van der Waals surface area (Å²) < 4.78 is 5.85. The molecule has 0 saturated carbocycles. The molecule has 4 nitrogen and oxygen atoms in total. The van der Waals surface area contributed by atoms with Crippen molar-refractivity contribution in [1.82, 2.24) is 4.98 Å². The maximum atomic E-state index is 10.2. The maximum Gasteiger partial charge on any atom is 0.298 e. The van der Waals surface area contributed by atoms with E-state index in [1.807, 2.05) is 47.4 Å². The van der Waals surface area contributed by atoms with Crippen molar-refractivity contribution in [2.45, 2.75) is 26.0 Å². The average Bonchev–Trinajstić information content (AvgIpc) is 2.90. The third-order valence-corrected chi connectivity index (χ3v) is 3.35. The van der Waals surface area contributed by atoms with E-state index in [0.29, 0.717) is 19.1 Å². The molecule has 0 bridgehead atoms. The molecule has 4 heteroatoms. The summed E-state index contributed by atoms with van der Waals surface area (Å²) in [6, 6.07) is 18.3. The number of para-hydroxylation sites is 2. The Bertz CT molecular complexity index is 711. The molecule has 0 radical (unpaired) electrons. The summed E-state index contributed by atoms with van der Waals surface area (Å²) in [6.45, 7) is 4.65. The number of anilines is 1. The van der Waals surface area contributed by atoms with Gasteiger partial charge in [-0.2, -0.15) is 4.98 Å². The number of hydrogen-bond donors (Lipinski definition) is 1. The van der Waals surface area contributed by atoms with Crippen LogP contribution in [-0.2, 0) is 6.54 Å². The van der Waals surface area contributed by atoms with Crippen molar-refractivity contribution in [2.24, 2.45) is 0 Å². The molecule has 0 unspecified atom stereocenters. The minimum atomic E-state index is -0.838. The molecule has 114 valence electrons. The van der Waals surface area contributed by atoms with Gasteiger partial charge in [-0.3, -0.25) is 0 Å². The molecule has 1 N–H and O–H groups in total. The molecule has 0 saturated heterocycles. The van der Waals surface area contributed by atoms with Crippen molar-refractivity contribution in [3.05, 3.63) is 60.2 Å². The predicted molar refractivity (Wildman–Crippen MR) is 87.8 cm³/mol. The first-order valence-electron chi connectivity index (χ1n) is 7.38. The summed E-state index contributed by atoms with van der Waals surface area (Å²) in [5.74, 6) is 0. The minimum absolute atomic E-state index is 0.439. The smallest absolute Gasteiger partial charge is 0.298 e. The van der Waals surface area contributed by atoms with E-state index in [2.05, 4.69) is 17.1 Å². The van der Waals surface area contributed by atoms with Crippen LogP contribution in [0.25, 0.3) is 11.1 Å². The summed E-state index contributed by atoms with van der Waals surface area (Å²) in [6.07, 6.45) is 0. The van der Waals surface area contributed by atoms with Gasteiger partial charge in [0.05, 0.1) is 12.1 Å². The molecule has 0 fully saturated rings. The van der Waals surface area contributed by atoms with E-state index in [4.69, 9.17) is 4.42 Å². The van der Waals surface area contributed by atoms with Crippen LogP contribution in [0.4, 0.5) is 6.01 Å². The molecule has 0 aliphatic carbocycles. The van der Waals surface area contributed by atoms with Gasteiger partial charge in [0.25, 0.3) is 6.01 Å². The Morgan fingerprint density at radius 1 is 1.05 bits per heavy atom. The van der Waals surface area contributed by atoms with Gasteiger partial charge < -0.3 is 14.4 Å². The second-order valence-electron chi connectivity index (χ2n) is 6.12. The van der Waals surface area contributed by atoms with Crippen molar-refractivity contribution in [3.63, 3.8) is 0 Å². The lowest BCUT2D eigenvalue weighted by atomic mass is 10.1. The summed E-state index contributed by atoms with van der Waals surface area (Å²) in [5.41, 5.74) is 1.89. The zero-order valence-corrected chi connectivity index (χ0v) is 12.9. The van der Waals surface area contributed by atoms with Crippen molar-refractivity contribution >= 4 is 17.1 Å². The molecule has 0 aliphatic rings. The Morgan fingerprint density at radius 3 is 2.41 bits per heavy atom. The second-order valence-corrected chi connectivity index (χ2v) is 6.12. The van der Waals surface area contributed by atoms with E-state index in [1.165, 1.54) is 0 Å². The maximum absolute atomic E-state index is 10.2.